The van der Waals surface area contributed by atoms with E-state index in [4.69, 9.17) is 0 Å². The van der Waals surface area contributed by atoms with Crippen molar-refractivity contribution in [1.29, 1.82) is 0 Å². The SMILES string of the molecule is CC(C)N1C[C@@H](C(=O)NCc2ccccc2CN2C[C@H](C)C[C@H](C)C2)CC1=O. The Bertz CT molecular complexity index is 693. The van der Waals surface area contributed by atoms with Crippen LogP contribution in [0.4, 0.5) is 0 Å². The number of benzene rings is 1. The van der Waals surface area contributed by atoms with Crippen molar-refractivity contribution in [2.45, 2.75) is 59.7 Å². The van der Waals surface area contributed by atoms with Crippen LogP contribution in [0.1, 0.15) is 51.7 Å². The fourth-order valence-electron chi connectivity index (χ4n) is 4.78. The largest absolute Gasteiger partial charge is 0.352 e. The standard InChI is InChI=1S/C23H35N3O2/c1-16(2)26-15-21(10-22(26)27)23(28)24-11-19-7-5-6-8-20(19)14-25-12-17(3)9-18(4)13-25/h5-8,16-18,21H,9-15H2,1-4H3,(H,24,28)/t17-,18+,21-/m0/s1. The van der Waals surface area contributed by atoms with Gasteiger partial charge in [0.1, 0.15) is 0 Å². The Balaban J connectivity index is 1.58. The first-order valence-corrected chi connectivity index (χ1v) is 10.7. The number of nitrogens with one attached hydrogen (secondary N) is 1. The molecule has 0 aliphatic carbocycles. The van der Waals surface area contributed by atoms with E-state index in [9.17, 15) is 9.59 Å². The Morgan fingerprint density at radius 3 is 2.36 bits per heavy atom. The minimum Gasteiger partial charge on any atom is -0.352 e. The fourth-order valence-corrected chi connectivity index (χ4v) is 4.78. The molecule has 1 aromatic rings. The molecule has 1 N–H and O–H groups in total. The van der Waals surface area contributed by atoms with Gasteiger partial charge in [-0.1, -0.05) is 38.1 Å². The van der Waals surface area contributed by atoms with Gasteiger partial charge < -0.3 is 10.2 Å². The van der Waals surface area contributed by atoms with Gasteiger partial charge in [0.05, 0.1) is 5.92 Å². The summed E-state index contributed by atoms with van der Waals surface area (Å²) >= 11 is 0. The lowest BCUT2D eigenvalue weighted by atomic mass is 9.91. The Hall–Kier alpha value is -1.88. The summed E-state index contributed by atoms with van der Waals surface area (Å²) in [7, 11) is 0. The van der Waals surface area contributed by atoms with Gasteiger partial charge >= 0.3 is 0 Å². The number of rotatable bonds is 6. The van der Waals surface area contributed by atoms with E-state index in [2.05, 4.69) is 42.3 Å². The van der Waals surface area contributed by atoms with Crippen molar-refractivity contribution in [2.75, 3.05) is 19.6 Å². The zero-order chi connectivity index (χ0) is 20.3. The molecule has 5 nitrogen and oxygen atoms in total. The summed E-state index contributed by atoms with van der Waals surface area (Å²) in [6.45, 7) is 12.9. The number of carbonyl (C=O) groups excluding carboxylic acids is 2. The van der Waals surface area contributed by atoms with Crippen LogP contribution in [0.3, 0.4) is 0 Å². The minimum atomic E-state index is -0.231. The third-order valence-corrected chi connectivity index (χ3v) is 6.06. The number of hydrogen-bond donors (Lipinski definition) is 1. The summed E-state index contributed by atoms with van der Waals surface area (Å²) < 4.78 is 0. The van der Waals surface area contributed by atoms with E-state index in [1.54, 1.807) is 4.90 Å². The molecule has 5 heteroatoms. The van der Waals surface area contributed by atoms with Gasteiger partial charge in [-0.3, -0.25) is 14.5 Å². The average molecular weight is 386 g/mol. The van der Waals surface area contributed by atoms with Crippen molar-refractivity contribution in [2.24, 2.45) is 17.8 Å². The van der Waals surface area contributed by atoms with Crippen LogP contribution in [-0.2, 0) is 22.7 Å². The van der Waals surface area contributed by atoms with Crippen molar-refractivity contribution in [3.63, 3.8) is 0 Å². The van der Waals surface area contributed by atoms with Gasteiger partial charge in [0.25, 0.3) is 0 Å². The molecule has 3 atom stereocenters. The van der Waals surface area contributed by atoms with Crippen LogP contribution in [0.25, 0.3) is 0 Å². The lowest BCUT2D eigenvalue weighted by Crippen LogP contribution is -2.38. The number of amides is 2. The summed E-state index contributed by atoms with van der Waals surface area (Å²) in [5.41, 5.74) is 2.46. The quantitative estimate of drug-likeness (QED) is 0.819. The molecule has 28 heavy (non-hydrogen) atoms. The Labute approximate surface area is 169 Å². The van der Waals surface area contributed by atoms with Gasteiger partial charge in [-0.25, -0.2) is 0 Å². The second-order valence-corrected chi connectivity index (χ2v) is 9.17. The molecule has 2 fully saturated rings. The maximum Gasteiger partial charge on any atom is 0.225 e. The number of hydrogen-bond acceptors (Lipinski definition) is 3. The molecule has 0 aromatic heterocycles. The molecular weight excluding hydrogens is 350 g/mol. The van der Waals surface area contributed by atoms with Crippen LogP contribution >= 0.6 is 0 Å². The highest BCUT2D eigenvalue weighted by molar-refractivity contribution is 5.89. The van der Waals surface area contributed by atoms with Crippen molar-refractivity contribution in [3.8, 4) is 0 Å². The average Bonchev–Trinajstić information content (AvgIpc) is 3.02. The van der Waals surface area contributed by atoms with Crippen LogP contribution in [-0.4, -0.2) is 47.3 Å². The highest BCUT2D eigenvalue weighted by atomic mass is 16.2. The number of carbonyl (C=O) groups is 2. The Kier molecular flexibility index (Phi) is 6.76. The zero-order valence-corrected chi connectivity index (χ0v) is 17.8. The smallest absolute Gasteiger partial charge is 0.225 e. The van der Waals surface area contributed by atoms with Crippen molar-refractivity contribution in [1.82, 2.24) is 15.1 Å². The van der Waals surface area contributed by atoms with Gasteiger partial charge in [-0.05, 0) is 43.2 Å². The third-order valence-electron chi connectivity index (χ3n) is 6.06. The first-order valence-electron chi connectivity index (χ1n) is 10.7. The minimum absolute atomic E-state index is 0.00785. The lowest BCUT2D eigenvalue weighted by molar-refractivity contribution is -0.130. The van der Waals surface area contributed by atoms with Crippen LogP contribution in [0.15, 0.2) is 24.3 Å². The van der Waals surface area contributed by atoms with Gasteiger partial charge in [-0.15, -0.1) is 0 Å². The fraction of sp³-hybridized carbons (Fsp3) is 0.652. The van der Waals surface area contributed by atoms with Crippen LogP contribution in [0.2, 0.25) is 0 Å². The van der Waals surface area contributed by atoms with Crippen LogP contribution < -0.4 is 5.32 Å². The monoisotopic (exact) mass is 385 g/mol. The van der Waals surface area contributed by atoms with E-state index < -0.39 is 0 Å². The summed E-state index contributed by atoms with van der Waals surface area (Å²) in [6.07, 6.45) is 1.64. The first-order chi connectivity index (χ1) is 13.3. The van der Waals surface area contributed by atoms with Crippen LogP contribution in [0, 0.1) is 17.8 Å². The zero-order valence-electron chi connectivity index (χ0n) is 17.8. The summed E-state index contributed by atoms with van der Waals surface area (Å²) in [6, 6.07) is 8.54. The number of nitrogens with zero attached hydrogens (tertiary/aromatic N) is 2. The van der Waals surface area contributed by atoms with Gasteiger partial charge in [0.2, 0.25) is 11.8 Å². The predicted octanol–water partition coefficient (Wildman–Crippen LogP) is 3.04. The third kappa shape index (κ3) is 5.13. The lowest BCUT2D eigenvalue weighted by Gasteiger charge is -2.35. The molecule has 2 heterocycles. The van der Waals surface area contributed by atoms with E-state index >= 15 is 0 Å². The van der Waals surface area contributed by atoms with E-state index in [1.165, 1.54) is 17.5 Å². The molecule has 3 rings (SSSR count). The van der Waals surface area contributed by atoms with Gasteiger partial charge in [-0.2, -0.15) is 0 Å². The van der Waals surface area contributed by atoms with E-state index in [0.29, 0.717) is 19.5 Å². The second kappa shape index (κ2) is 9.08. The van der Waals surface area contributed by atoms with E-state index in [1.807, 2.05) is 19.9 Å². The molecule has 2 saturated heterocycles. The topological polar surface area (TPSA) is 52.7 Å². The molecule has 1 aromatic carbocycles. The van der Waals surface area contributed by atoms with Crippen LogP contribution in [0.5, 0.6) is 0 Å². The van der Waals surface area contributed by atoms with Gasteiger partial charge in [0.15, 0.2) is 0 Å². The van der Waals surface area contributed by atoms with Gasteiger partial charge in [0, 0.05) is 45.2 Å². The molecule has 0 unspecified atom stereocenters. The highest BCUT2D eigenvalue weighted by Gasteiger charge is 2.35. The van der Waals surface area contributed by atoms with Crippen molar-refractivity contribution < 1.29 is 9.59 Å². The second-order valence-electron chi connectivity index (χ2n) is 9.17. The molecule has 154 valence electrons. The summed E-state index contributed by atoms with van der Waals surface area (Å²) in [4.78, 5) is 29.0. The normalized spacial score (nSPS) is 26.1. The van der Waals surface area contributed by atoms with Crippen molar-refractivity contribution >= 4 is 11.8 Å². The molecule has 0 radical (unpaired) electrons. The maximum absolute atomic E-state index is 12.6. The molecular formula is C23H35N3O2. The van der Waals surface area contributed by atoms with Crippen molar-refractivity contribution in [3.05, 3.63) is 35.4 Å². The van der Waals surface area contributed by atoms with E-state index in [0.717, 1.165) is 31.5 Å². The predicted molar refractivity (Wildman–Crippen MR) is 111 cm³/mol. The molecule has 2 amide bonds. The molecule has 0 bridgehead atoms. The Morgan fingerprint density at radius 2 is 1.75 bits per heavy atom. The molecule has 2 aliphatic heterocycles. The number of piperidine rings is 1. The maximum atomic E-state index is 12.6. The number of likely N-dealkylation sites (tertiary alicyclic amines) is 2. The highest BCUT2D eigenvalue weighted by Crippen LogP contribution is 2.24. The van der Waals surface area contributed by atoms with E-state index in [-0.39, 0.29) is 23.8 Å². The Morgan fingerprint density at radius 1 is 1.11 bits per heavy atom. The summed E-state index contributed by atoms with van der Waals surface area (Å²) in [5, 5.41) is 3.08. The molecule has 2 aliphatic rings. The molecule has 0 saturated carbocycles. The summed E-state index contributed by atoms with van der Waals surface area (Å²) in [5.74, 6) is 1.32. The molecule has 0 spiro atoms. The first kappa shape index (κ1) is 20.8.